The maximum atomic E-state index is 13.4. The van der Waals surface area contributed by atoms with E-state index in [0.29, 0.717) is 26.2 Å². The van der Waals surface area contributed by atoms with E-state index >= 15 is 0 Å². The van der Waals surface area contributed by atoms with Crippen molar-refractivity contribution in [2.75, 3.05) is 13.2 Å². The fraction of sp³-hybridized carbons (Fsp3) is 0.679. The van der Waals surface area contributed by atoms with Gasteiger partial charge in [0.1, 0.15) is 6.10 Å². The highest BCUT2D eigenvalue weighted by molar-refractivity contribution is 6.74. The molecule has 0 N–H and O–H groups in total. The Morgan fingerprint density at radius 3 is 1.88 bits per heavy atom. The first-order valence-electron chi connectivity index (χ1n) is 12.7. The third-order valence-corrected chi connectivity index (χ3v) is 17.0. The van der Waals surface area contributed by atoms with Gasteiger partial charge in [-0.1, -0.05) is 84.0 Å². The molecule has 0 saturated heterocycles. The van der Waals surface area contributed by atoms with Crippen LogP contribution in [0.1, 0.15) is 53.5 Å². The Kier molecular flexibility index (Phi) is 9.73. The van der Waals surface area contributed by atoms with Crippen LogP contribution in [0.2, 0.25) is 36.3 Å². The van der Waals surface area contributed by atoms with Crippen LogP contribution in [0.25, 0.3) is 0 Å². The lowest BCUT2D eigenvalue weighted by Crippen LogP contribution is -2.44. The summed E-state index contributed by atoms with van der Waals surface area (Å²) in [5, 5.41) is 0.262. The molecule has 0 saturated carbocycles. The minimum Gasteiger partial charge on any atom is -0.416 e. The van der Waals surface area contributed by atoms with Gasteiger partial charge in [-0.05, 0) is 41.8 Å². The Balaban J connectivity index is 2.18. The summed E-state index contributed by atoms with van der Waals surface area (Å²) in [6.07, 6.45) is 4.28. The van der Waals surface area contributed by atoms with Crippen LogP contribution < -0.4 is 0 Å². The van der Waals surface area contributed by atoms with Gasteiger partial charge in [-0.15, -0.1) is 0 Å². The average Bonchev–Trinajstić information content (AvgIpc) is 2.86. The maximum Gasteiger partial charge on any atom is 0.192 e. The Morgan fingerprint density at radius 2 is 1.35 bits per heavy atom. The van der Waals surface area contributed by atoms with Crippen LogP contribution in [0.4, 0.5) is 0 Å². The van der Waals surface area contributed by atoms with Gasteiger partial charge in [-0.2, -0.15) is 0 Å². The van der Waals surface area contributed by atoms with Crippen molar-refractivity contribution < 1.29 is 18.4 Å². The summed E-state index contributed by atoms with van der Waals surface area (Å²) in [7, 11) is -3.82. The molecule has 192 valence electrons. The average molecular weight is 505 g/mol. The van der Waals surface area contributed by atoms with Crippen molar-refractivity contribution in [3.8, 4) is 0 Å². The predicted octanol–water partition coefficient (Wildman–Crippen LogP) is 7.38. The molecule has 1 aliphatic rings. The molecule has 3 atom stereocenters. The van der Waals surface area contributed by atoms with Crippen molar-refractivity contribution in [2.45, 2.75) is 96.9 Å². The molecule has 1 aromatic carbocycles. The van der Waals surface area contributed by atoms with Crippen molar-refractivity contribution in [3.63, 3.8) is 0 Å². The summed E-state index contributed by atoms with van der Waals surface area (Å²) in [4.78, 5) is 13.4. The summed E-state index contributed by atoms with van der Waals surface area (Å²) in [6, 6.07) is 10.1. The molecule has 0 amide bonds. The maximum absolute atomic E-state index is 13.4. The van der Waals surface area contributed by atoms with Gasteiger partial charge in [0.2, 0.25) is 0 Å². The highest BCUT2D eigenvalue weighted by atomic mass is 28.4. The summed E-state index contributed by atoms with van der Waals surface area (Å²) in [5.74, 6) is 0.124. The molecule has 34 heavy (non-hydrogen) atoms. The van der Waals surface area contributed by atoms with Crippen molar-refractivity contribution in [2.24, 2.45) is 11.8 Å². The predicted molar refractivity (Wildman–Crippen MR) is 147 cm³/mol. The number of rotatable bonds is 9. The molecule has 1 aliphatic carbocycles. The lowest BCUT2D eigenvalue weighted by atomic mass is 9.98. The highest BCUT2D eigenvalue weighted by Gasteiger charge is 2.41. The molecule has 0 spiro atoms. The normalized spacial score (nSPS) is 22.6. The van der Waals surface area contributed by atoms with Crippen LogP contribution in [-0.2, 0) is 25.0 Å². The van der Waals surface area contributed by atoms with E-state index in [-0.39, 0.29) is 27.7 Å². The molecular formula is C28H48O4Si2. The van der Waals surface area contributed by atoms with Gasteiger partial charge in [-0.3, -0.25) is 4.79 Å². The van der Waals surface area contributed by atoms with Crippen LogP contribution in [0, 0.1) is 11.8 Å². The monoisotopic (exact) mass is 504 g/mol. The zero-order chi connectivity index (χ0) is 25.8. The molecule has 0 bridgehead atoms. The molecule has 0 radical (unpaired) electrons. The van der Waals surface area contributed by atoms with Crippen molar-refractivity contribution in [1.82, 2.24) is 0 Å². The smallest absolute Gasteiger partial charge is 0.192 e. The Morgan fingerprint density at radius 1 is 0.824 bits per heavy atom. The molecule has 1 aromatic rings. The van der Waals surface area contributed by atoms with E-state index in [2.05, 4.69) is 79.9 Å². The second-order valence-electron chi connectivity index (χ2n) is 12.8. The Bertz CT molecular complexity index is 819. The number of carbonyl (C=O) groups excluding carboxylic acids is 1. The first-order chi connectivity index (χ1) is 15.5. The summed E-state index contributed by atoms with van der Waals surface area (Å²) in [5.41, 5.74) is 1.07. The fourth-order valence-electron chi connectivity index (χ4n) is 3.37. The lowest BCUT2D eigenvalue weighted by molar-refractivity contribution is -0.135. The van der Waals surface area contributed by atoms with E-state index in [1.165, 1.54) is 0 Å². The Hall–Kier alpha value is -1.06. The Labute approximate surface area is 210 Å². The first-order valence-corrected chi connectivity index (χ1v) is 18.5. The quantitative estimate of drug-likeness (QED) is 0.260. The summed E-state index contributed by atoms with van der Waals surface area (Å²) >= 11 is 0. The second kappa shape index (κ2) is 11.3. The molecule has 3 unspecified atom stereocenters. The number of benzene rings is 1. The van der Waals surface area contributed by atoms with E-state index in [4.69, 9.17) is 13.6 Å². The SMILES string of the molecule is CC(C)(C)[Si](C)(C)OCC1C=CC(CO[Si](C)(C)C(C)(C)C)C(OCc2ccccc2)C(=O)C1. The van der Waals surface area contributed by atoms with E-state index in [1.807, 2.05) is 30.3 Å². The van der Waals surface area contributed by atoms with Crippen molar-refractivity contribution in [1.29, 1.82) is 0 Å². The van der Waals surface area contributed by atoms with Gasteiger partial charge in [0, 0.05) is 31.5 Å². The fourth-order valence-corrected chi connectivity index (χ4v) is 5.48. The van der Waals surface area contributed by atoms with Gasteiger partial charge < -0.3 is 13.6 Å². The van der Waals surface area contributed by atoms with Crippen LogP contribution in [0.15, 0.2) is 42.5 Å². The number of ether oxygens (including phenoxy) is 1. The van der Waals surface area contributed by atoms with Gasteiger partial charge in [0.25, 0.3) is 0 Å². The topological polar surface area (TPSA) is 44.8 Å². The lowest BCUT2D eigenvalue weighted by Gasteiger charge is -2.37. The number of hydrogen-bond acceptors (Lipinski definition) is 4. The van der Waals surface area contributed by atoms with Crippen LogP contribution in [0.5, 0.6) is 0 Å². The van der Waals surface area contributed by atoms with E-state index in [1.54, 1.807) is 0 Å². The molecule has 0 heterocycles. The zero-order valence-electron chi connectivity index (χ0n) is 23.2. The van der Waals surface area contributed by atoms with E-state index in [9.17, 15) is 4.79 Å². The molecule has 0 aromatic heterocycles. The molecule has 0 aliphatic heterocycles. The minimum absolute atomic E-state index is 0.0716. The number of carbonyl (C=O) groups is 1. The van der Waals surface area contributed by atoms with Gasteiger partial charge in [-0.25, -0.2) is 0 Å². The van der Waals surface area contributed by atoms with Crippen LogP contribution in [0.3, 0.4) is 0 Å². The minimum atomic E-state index is -1.94. The third kappa shape index (κ3) is 7.99. The van der Waals surface area contributed by atoms with Crippen LogP contribution in [-0.4, -0.2) is 41.7 Å². The number of ketones is 1. The molecule has 4 nitrogen and oxygen atoms in total. The van der Waals surface area contributed by atoms with Crippen LogP contribution >= 0.6 is 0 Å². The van der Waals surface area contributed by atoms with Gasteiger partial charge in [0.05, 0.1) is 6.61 Å². The zero-order valence-corrected chi connectivity index (χ0v) is 25.2. The van der Waals surface area contributed by atoms with Crippen molar-refractivity contribution >= 4 is 22.4 Å². The molecular weight excluding hydrogens is 456 g/mol. The molecule has 6 heteroatoms. The van der Waals surface area contributed by atoms with Crippen molar-refractivity contribution in [3.05, 3.63) is 48.0 Å². The van der Waals surface area contributed by atoms with Gasteiger partial charge in [0.15, 0.2) is 22.4 Å². The largest absolute Gasteiger partial charge is 0.416 e. The first kappa shape index (κ1) is 29.2. The standard InChI is InChI=1S/C28H48O4Si2/c1-27(2,3)33(7,8)31-20-23-16-17-24(21-32-34(9,10)28(4,5)6)26(25(29)18-23)30-19-22-14-12-11-13-15-22/h11-17,23-24,26H,18-21H2,1-10H3. The highest BCUT2D eigenvalue weighted by Crippen LogP contribution is 2.38. The molecule has 0 fully saturated rings. The second-order valence-corrected chi connectivity index (χ2v) is 22.5. The number of Topliss-reactive ketones (excluding diaryl/α,β-unsaturated/α-hetero) is 1. The van der Waals surface area contributed by atoms with E-state index in [0.717, 1.165) is 5.56 Å². The van der Waals surface area contributed by atoms with Gasteiger partial charge >= 0.3 is 0 Å². The van der Waals surface area contributed by atoms with E-state index < -0.39 is 22.7 Å². The summed E-state index contributed by atoms with van der Waals surface area (Å²) < 4.78 is 19.3. The summed E-state index contributed by atoms with van der Waals surface area (Å²) in [6.45, 7) is 24.0. The third-order valence-electron chi connectivity index (χ3n) is 7.98. The number of hydrogen-bond donors (Lipinski definition) is 0. The molecule has 2 rings (SSSR count).